The number of hydrogen-bond acceptors (Lipinski definition) is 4. The molecule has 0 N–H and O–H groups in total. The molecule has 1 heterocycles. The highest BCUT2D eigenvalue weighted by Crippen LogP contribution is 2.30. The third-order valence-electron chi connectivity index (χ3n) is 3.12. The van der Waals surface area contributed by atoms with Crippen LogP contribution in [0.4, 0.5) is 4.79 Å². The van der Waals surface area contributed by atoms with Crippen LogP contribution in [-0.2, 0) is 9.53 Å². The number of hydrogen-bond donors (Lipinski definition) is 0. The van der Waals surface area contributed by atoms with Gasteiger partial charge in [-0.3, -0.25) is 4.79 Å². The van der Waals surface area contributed by atoms with Gasteiger partial charge < -0.3 is 14.5 Å². The maximum atomic E-state index is 12.0. The molecule has 2 amide bonds. The standard InChI is InChI=1S/C15H22ClN3O3/c1-11(2)7-19(12(20)6-16)15(8-17)9-18(10-15)13(21)22-14(3,4)5/h1,6-7,9-10H2,2-5H3. The fourth-order valence-electron chi connectivity index (χ4n) is 2.16. The quantitative estimate of drug-likeness (QED) is 0.585. The van der Waals surface area contributed by atoms with Crippen molar-refractivity contribution in [2.45, 2.75) is 38.8 Å². The van der Waals surface area contributed by atoms with Crippen LogP contribution in [0.3, 0.4) is 0 Å². The van der Waals surface area contributed by atoms with Crippen molar-refractivity contribution in [3.8, 4) is 6.07 Å². The van der Waals surface area contributed by atoms with E-state index in [2.05, 4.69) is 12.6 Å². The second kappa shape index (κ2) is 6.57. The topological polar surface area (TPSA) is 73.6 Å². The zero-order chi connectivity index (χ0) is 17.1. The number of nitrogens with zero attached hydrogens (tertiary/aromatic N) is 3. The molecule has 0 atom stereocenters. The lowest BCUT2D eigenvalue weighted by Gasteiger charge is -2.51. The summed E-state index contributed by atoms with van der Waals surface area (Å²) in [6.07, 6.45) is -0.494. The van der Waals surface area contributed by atoms with E-state index in [-0.39, 0.29) is 31.4 Å². The predicted octanol–water partition coefficient (Wildman–Crippen LogP) is 2.14. The van der Waals surface area contributed by atoms with E-state index in [1.807, 2.05) is 0 Å². The molecule has 0 aromatic heterocycles. The molecule has 1 aliphatic heterocycles. The van der Waals surface area contributed by atoms with E-state index in [4.69, 9.17) is 16.3 Å². The van der Waals surface area contributed by atoms with Crippen LogP contribution in [0.2, 0.25) is 0 Å². The molecule has 122 valence electrons. The Morgan fingerprint density at radius 1 is 1.45 bits per heavy atom. The molecule has 0 saturated carbocycles. The molecule has 0 spiro atoms. The number of carbonyl (C=O) groups is 2. The molecule has 1 fully saturated rings. The lowest BCUT2D eigenvalue weighted by molar-refractivity contribution is -0.138. The number of rotatable bonds is 4. The minimum absolute atomic E-state index is 0.105. The zero-order valence-corrected chi connectivity index (χ0v) is 14.2. The number of carbonyl (C=O) groups excluding carboxylic acids is 2. The van der Waals surface area contributed by atoms with Gasteiger partial charge in [0.05, 0.1) is 19.2 Å². The molecule has 0 unspecified atom stereocenters. The first-order chi connectivity index (χ1) is 10.0. The molecule has 7 heteroatoms. The van der Waals surface area contributed by atoms with Crippen molar-refractivity contribution in [1.82, 2.24) is 9.80 Å². The lowest BCUT2D eigenvalue weighted by Crippen LogP contribution is -2.72. The maximum Gasteiger partial charge on any atom is 0.410 e. The van der Waals surface area contributed by atoms with Crippen LogP contribution in [0.25, 0.3) is 0 Å². The van der Waals surface area contributed by atoms with E-state index in [0.29, 0.717) is 0 Å². The Kier molecular flexibility index (Phi) is 5.47. The zero-order valence-electron chi connectivity index (χ0n) is 13.5. The van der Waals surface area contributed by atoms with Crippen LogP contribution in [0.5, 0.6) is 0 Å². The van der Waals surface area contributed by atoms with E-state index < -0.39 is 17.2 Å². The third-order valence-corrected chi connectivity index (χ3v) is 3.35. The van der Waals surface area contributed by atoms with Gasteiger partial charge in [-0.05, 0) is 27.7 Å². The van der Waals surface area contributed by atoms with Gasteiger partial charge in [-0.25, -0.2) is 4.79 Å². The largest absolute Gasteiger partial charge is 0.444 e. The summed E-state index contributed by atoms with van der Waals surface area (Å²) in [6, 6.07) is 2.14. The summed E-state index contributed by atoms with van der Waals surface area (Å²) < 4.78 is 5.26. The molecule has 6 nitrogen and oxygen atoms in total. The SMILES string of the molecule is C=C(C)CN(C(=O)CCl)C1(C#N)CN(C(=O)OC(C)(C)C)C1. The summed E-state index contributed by atoms with van der Waals surface area (Å²) in [6.45, 7) is 11.3. The summed E-state index contributed by atoms with van der Waals surface area (Å²) in [5, 5.41) is 9.50. The smallest absolute Gasteiger partial charge is 0.410 e. The van der Waals surface area contributed by atoms with Crippen molar-refractivity contribution < 1.29 is 14.3 Å². The van der Waals surface area contributed by atoms with Gasteiger partial charge >= 0.3 is 6.09 Å². The molecule has 1 rings (SSSR count). The van der Waals surface area contributed by atoms with Crippen LogP contribution in [0.1, 0.15) is 27.7 Å². The molecule has 0 aliphatic carbocycles. The fourth-order valence-corrected chi connectivity index (χ4v) is 2.31. The minimum atomic E-state index is -1.07. The number of alkyl halides is 1. The van der Waals surface area contributed by atoms with Gasteiger partial charge in [0, 0.05) is 6.54 Å². The fraction of sp³-hybridized carbons (Fsp3) is 0.667. The molecule has 0 aromatic rings. The summed E-state index contributed by atoms with van der Waals surface area (Å²) in [4.78, 5) is 26.8. The molecule has 1 aliphatic rings. The van der Waals surface area contributed by atoms with Crippen molar-refractivity contribution in [2.24, 2.45) is 0 Å². The van der Waals surface area contributed by atoms with Gasteiger partial charge in [-0.1, -0.05) is 12.2 Å². The number of nitriles is 1. The number of likely N-dealkylation sites (tertiary alicyclic amines) is 1. The first kappa shape index (κ1) is 18.3. The van der Waals surface area contributed by atoms with Crippen molar-refractivity contribution in [3.05, 3.63) is 12.2 Å². The molecule has 0 bridgehead atoms. The first-order valence-corrected chi connectivity index (χ1v) is 7.48. The Hall–Kier alpha value is -1.74. The molecular formula is C15H22ClN3O3. The molecule has 22 heavy (non-hydrogen) atoms. The van der Waals surface area contributed by atoms with Gasteiger partial charge in [0.25, 0.3) is 0 Å². The van der Waals surface area contributed by atoms with E-state index in [1.165, 1.54) is 9.80 Å². The van der Waals surface area contributed by atoms with Crippen molar-refractivity contribution in [3.63, 3.8) is 0 Å². The van der Waals surface area contributed by atoms with Gasteiger partial charge in [0.2, 0.25) is 5.91 Å². The van der Waals surface area contributed by atoms with E-state index in [0.717, 1.165) is 5.57 Å². The average molecular weight is 328 g/mol. The normalized spacial score (nSPS) is 16.3. The van der Waals surface area contributed by atoms with Crippen LogP contribution >= 0.6 is 11.6 Å². The lowest BCUT2D eigenvalue weighted by atomic mass is 9.89. The van der Waals surface area contributed by atoms with Gasteiger partial charge in [0.1, 0.15) is 11.5 Å². The Balaban J connectivity index is 2.84. The Bertz CT molecular complexity index is 513. The van der Waals surface area contributed by atoms with E-state index >= 15 is 0 Å². The average Bonchev–Trinajstić information content (AvgIpc) is 2.33. The number of amides is 2. The highest BCUT2D eigenvalue weighted by Gasteiger charge is 2.52. The van der Waals surface area contributed by atoms with Crippen molar-refractivity contribution >= 4 is 23.6 Å². The van der Waals surface area contributed by atoms with Crippen LogP contribution in [0, 0.1) is 11.3 Å². The Labute approximate surface area is 136 Å². The Morgan fingerprint density at radius 3 is 2.36 bits per heavy atom. The minimum Gasteiger partial charge on any atom is -0.444 e. The molecular weight excluding hydrogens is 306 g/mol. The van der Waals surface area contributed by atoms with Gasteiger partial charge in [-0.2, -0.15) is 5.26 Å². The third kappa shape index (κ3) is 4.14. The van der Waals surface area contributed by atoms with Crippen LogP contribution in [-0.4, -0.2) is 58.5 Å². The highest BCUT2D eigenvalue weighted by molar-refractivity contribution is 6.27. The summed E-state index contributed by atoms with van der Waals surface area (Å²) >= 11 is 5.62. The predicted molar refractivity (Wildman–Crippen MR) is 83.4 cm³/mol. The highest BCUT2D eigenvalue weighted by atomic mass is 35.5. The van der Waals surface area contributed by atoms with Crippen molar-refractivity contribution in [1.29, 1.82) is 5.26 Å². The van der Waals surface area contributed by atoms with E-state index in [9.17, 15) is 14.9 Å². The molecule has 0 radical (unpaired) electrons. The second-order valence-electron chi connectivity index (χ2n) is 6.55. The summed E-state index contributed by atoms with van der Waals surface area (Å²) in [5.41, 5.74) is -0.934. The molecule has 0 aromatic carbocycles. The van der Waals surface area contributed by atoms with Gasteiger partial charge in [0.15, 0.2) is 5.54 Å². The second-order valence-corrected chi connectivity index (χ2v) is 6.82. The summed E-state index contributed by atoms with van der Waals surface area (Å²) in [5.74, 6) is -0.571. The van der Waals surface area contributed by atoms with E-state index in [1.54, 1.807) is 27.7 Å². The van der Waals surface area contributed by atoms with Crippen LogP contribution < -0.4 is 0 Å². The Morgan fingerprint density at radius 2 is 2.00 bits per heavy atom. The monoisotopic (exact) mass is 327 g/mol. The number of halogens is 1. The van der Waals surface area contributed by atoms with Crippen molar-refractivity contribution in [2.75, 3.05) is 25.5 Å². The first-order valence-electron chi connectivity index (χ1n) is 6.94. The maximum absolute atomic E-state index is 12.0. The molecule has 1 saturated heterocycles. The van der Waals surface area contributed by atoms with Crippen LogP contribution in [0.15, 0.2) is 12.2 Å². The summed E-state index contributed by atoms with van der Waals surface area (Å²) in [7, 11) is 0. The van der Waals surface area contributed by atoms with Gasteiger partial charge in [-0.15, -0.1) is 11.6 Å². The number of ether oxygens (including phenoxy) is 1.